The summed E-state index contributed by atoms with van der Waals surface area (Å²) in [5.74, 6) is 0. The Balaban J connectivity index is 2.19. The van der Waals surface area contributed by atoms with Gasteiger partial charge in [0.1, 0.15) is 0 Å². The van der Waals surface area contributed by atoms with E-state index >= 15 is 0 Å². The van der Waals surface area contributed by atoms with Crippen LogP contribution in [-0.4, -0.2) is 12.0 Å². The Bertz CT molecular complexity index is 524. The van der Waals surface area contributed by atoms with E-state index in [1.165, 1.54) is 0 Å². The number of anilines is 2. The van der Waals surface area contributed by atoms with Crippen LogP contribution in [0.5, 0.6) is 0 Å². The molecule has 17 heavy (non-hydrogen) atoms. The molecule has 0 aliphatic carbocycles. The van der Waals surface area contributed by atoms with E-state index in [9.17, 15) is 0 Å². The van der Waals surface area contributed by atoms with Gasteiger partial charge in [-0.1, -0.05) is 15.9 Å². The normalized spacial score (nSPS) is 10.5. The number of benzene rings is 1. The average molecular weight is 312 g/mol. The van der Waals surface area contributed by atoms with Crippen LogP contribution < -0.4 is 10.6 Å². The smallest absolute Gasteiger partial charge is 0.0898 e. The van der Waals surface area contributed by atoms with E-state index in [4.69, 9.17) is 5.73 Å². The van der Waals surface area contributed by atoms with Crippen molar-refractivity contribution in [2.24, 2.45) is 0 Å². The minimum atomic E-state index is 0.769. The zero-order valence-electron chi connectivity index (χ0n) is 9.77. The van der Waals surface area contributed by atoms with Gasteiger partial charge >= 0.3 is 0 Å². The lowest BCUT2D eigenvalue weighted by Gasteiger charge is -2.20. The van der Waals surface area contributed by atoms with Gasteiger partial charge in [0.15, 0.2) is 0 Å². The SMILES string of the molecule is Cc1nc(CN(C)c2cc(Br)ccc2N)cs1. The molecule has 3 nitrogen and oxygen atoms in total. The largest absolute Gasteiger partial charge is 0.397 e. The van der Waals surface area contributed by atoms with Crippen molar-refractivity contribution in [3.63, 3.8) is 0 Å². The van der Waals surface area contributed by atoms with Crippen LogP contribution in [-0.2, 0) is 6.54 Å². The number of nitrogen functional groups attached to an aromatic ring is 1. The molecule has 90 valence electrons. The standard InChI is InChI=1S/C12H14BrN3S/c1-8-15-10(7-17-8)6-16(2)12-5-9(13)3-4-11(12)14/h3-5,7H,6,14H2,1-2H3. The summed E-state index contributed by atoms with van der Waals surface area (Å²) in [7, 11) is 2.02. The summed E-state index contributed by atoms with van der Waals surface area (Å²) in [6.07, 6.45) is 0. The Hall–Kier alpha value is -1.07. The first-order valence-electron chi connectivity index (χ1n) is 5.23. The maximum Gasteiger partial charge on any atom is 0.0898 e. The summed E-state index contributed by atoms with van der Waals surface area (Å²) in [6, 6.07) is 5.87. The molecule has 0 bridgehead atoms. The molecule has 1 aromatic carbocycles. The molecule has 0 fully saturated rings. The molecule has 0 aliphatic rings. The van der Waals surface area contributed by atoms with E-state index in [0.717, 1.165) is 33.1 Å². The minimum Gasteiger partial charge on any atom is -0.397 e. The van der Waals surface area contributed by atoms with Crippen molar-refractivity contribution in [1.82, 2.24) is 4.98 Å². The summed E-state index contributed by atoms with van der Waals surface area (Å²) in [6.45, 7) is 2.78. The van der Waals surface area contributed by atoms with Gasteiger partial charge in [0.05, 0.1) is 28.6 Å². The third-order valence-electron chi connectivity index (χ3n) is 2.47. The first kappa shape index (κ1) is 12.4. The number of aryl methyl sites for hydroxylation is 1. The highest BCUT2D eigenvalue weighted by molar-refractivity contribution is 9.10. The molecule has 5 heteroatoms. The lowest BCUT2D eigenvalue weighted by atomic mass is 10.2. The highest BCUT2D eigenvalue weighted by Crippen LogP contribution is 2.27. The van der Waals surface area contributed by atoms with E-state index in [1.54, 1.807) is 11.3 Å². The van der Waals surface area contributed by atoms with Crippen LogP contribution in [0.1, 0.15) is 10.7 Å². The van der Waals surface area contributed by atoms with Gasteiger partial charge in [0, 0.05) is 16.9 Å². The first-order valence-corrected chi connectivity index (χ1v) is 6.90. The Morgan fingerprint density at radius 1 is 1.47 bits per heavy atom. The van der Waals surface area contributed by atoms with Crippen molar-refractivity contribution in [3.05, 3.63) is 38.8 Å². The second kappa shape index (κ2) is 5.06. The minimum absolute atomic E-state index is 0.769. The predicted octanol–water partition coefficient (Wildman–Crippen LogP) is 3.43. The number of nitrogens with two attached hydrogens (primary N) is 1. The quantitative estimate of drug-likeness (QED) is 0.883. The lowest BCUT2D eigenvalue weighted by Crippen LogP contribution is -2.18. The molecule has 1 aromatic heterocycles. The molecule has 0 aliphatic heterocycles. The second-order valence-corrected chi connectivity index (χ2v) is 5.89. The van der Waals surface area contributed by atoms with Gasteiger partial charge in [-0.15, -0.1) is 11.3 Å². The third kappa shape index (κ3) is 2.98. The van der Waals surface area contributed by atoms with Crippen LogP contribution in [0.2, 0.25) is 0 Å². The van der Waals surface area contributed by atoms with Crippen molar-refractivity contribution >= 4 is 38.6 Å². The number of aromatic nitrogens is 1. The van der Waals surface area contributed by atoms with Gasteiger partial charge in [-0.05, 0) is 25.1 Å². The van der Waals surface area contributed by atoms with Crippen LogP contribution in [0.3, 0.4) is 0 Å². The van der Waals surface area contributed by atoms with Crippen LogP contribution in [0.4, 0.5) is 11.4 Å². The van der Waals surface area contributed by atoms with Gasteiger partial charge in [0.25, 0.3) is 0 Å². The van der Waals surface area contributed by atoms with Crippen molar-refractivity contribution in [2.45, 2.75) is 13.5 Å². The molecular formula is C12H14BrN3S. The van der Waals surface area contributed by atoms with Crippen molar-refractivity contribution < 1.29 is 0 Å². The van der Waals surface area contributed by atoms with E-state index in [-0.39, 0.29) is 0 Å². The van der Waals surface area contributed by atoms with Crippen LogP contribution in [0, 0.1) is 6.92 Å². The molecule has 0 unspecified atom stereocenters. The van der Waals surface area contributed by atoms with Crippen molar-refractivity contribution in [2.75, 3.05) is 17.7 Å². The zero-order valence-corrected chi connectivity index (χ0v) is 12.2. The van der Waals surface area contributed by atoms with Crippen molar-refractivity contribution in [1.29, 1.82) is 0 Å². The Kier molecular flexibility index (Phi) is 3.69. The highest BCUT2D eigenvalue weighted by atomic mass is 79.9. The summed E-state index contributed by atoms with van der Waals surface area (Å²) >= 11 is 5.13. The summed E-state index contributed by atoms with van der Waals surface area (Å²) < 4.78 is 1.03. The van der Waals surface area contributed by atoms with E-state index in [0.29, 0.717) is 0 Å². The van der Waals surface area contributed by atoms with E-state index in [1.807, 2.05) is 32.2 Å². The molecule has 1 heterocycles. The van der Waals surface area contributed by atoms with Gasteiger partial charge in [-0.3, -0.25) is 0 Å². The fraction of sp³-hybridized carbons (Fsp3) is 0.250. The lowest BCUT2D eigenvalue weighted by molar-refractivity contribution is 0.891. The number of hydrogen-bond donors (Lipinski definition) is 1. The maximum atomic E-state index is 5.97. The van der Waals surface area contributed by atoms with Crippen LogP contribution >= 0.6 is 27.3 Å². The fourth-order valence-electron chi connectivity index (χ4n) is 1.66. The fourth-order valence-corrected chi connectivity index (χ4v) is 2.61. The maximum absolute atomic E-state index is 5.97. The van der Waals surface area contributed by atoms with Gasteiger partial charge in [0.2, 0.25) is 0 Å². The monoisotopic (exact) mass is 311 g/mol. The summed E-state index contributed by atoms with van der Waals surface area (Å²) in [4.78, 5) is 6.56. The zero-order chi connectivity index (χ0) is 12.4. The Morgan fingerprint density at radius 2 is 2.24 bits per heavy atom. The van der Waals surface area contributed by atoms with Crippen LogP contribution in [0.25, 0.3) is 0 Å². The summed E-state index contributed by atoms with van der Waals surface area (Å²) in [5, 5.41) is 3.18. The van der Waals surface area contributed by atoms with Crippen LogP contribution in [0.15, 0.2) is 28.1 Å². The molecule has 0 amide bonds. The third-order valence-corrected chi connectivity index (χ3v) is 3.79. The first-order chi connectivity index (χ1) is 8.06. The second-order valence-electron chi connectivity index (χ2n) is 3.92. The molecule has 0 atom stereocenters. The molecule has 0 saturated heterocycles. The molecule has 0 spiro atoms. The Labute approximate surface area is 113 Å². The number of nitrogens with zero attached hydrogens (tertiary/aromatic N) is 2. The number of halogens is 1. The topological polar surface area (TPSA) is 42.2 Å². The molecule has 0 radical (unpaired) electrons. The average Bonchev–Trinajstić information content (AvgIpc) is 2.67. The van der Waals surface area contributed by atoms with E-state index < -0.39 is 0 Å². The molecule has 2 rings (SSSR count). The van der Waals surface area contributed by atoms with E-state index in [2.05, 4.69) is 31.2 Å². The highest BCUT2D eigenvalue weighted by Gasteiger charge is 2.08. The molecule has 0 saturated carbocycles. The predicted molar refractivity (Wildman–Crippen MR) is 77.5 cm³/mol. The van der Waals surface area contributed by atoms with Gasteiger partial charge in [-0.2, -0.15) is 0 Å². The van der Waals surface area contributed by atoms with Crippen molar-refractivity contribution in [3.8, 4) is 0 Å². The number of thiazole rings is 1. The Morgan fingerprint density at radius 3 is 2.88 bits per heavy atom. The van der Waals surface area contributed by atoms with Gasteiger partial charge in [-0.25, -0.2) is 4.98 Å². The molecule has 2 N–H and O–H groups in total. The number of hydrogen-bond acceptors (Lipinski definition) is 4. The molecule has 2 aromatic rings. The molecular weight excluding hydrogens is 298 g/mol. The summed E-state index contributed by atoms with van der Waals surface area (Å²) in [5.41, 5.74) is 8.85. The number of rotatable bonds is 3. The van der Waals surface area contributed by atoms with Gasteiger partial charge < -0.3 is 10.6 Å².